The molecule has 5 aromatic heterocycles. The smallest absolute Gasteiger partial charge is 0.450 e. The second-order valence-electron chi connectivity index (χ2n) is 17.8. The van der Waals surface area contributed by atoms with Crippen LogP contribution in [-0.2, 0) is 25.2 Å². The van der Waals surface area contributed by atoms with Crippen molar-refractivity contribution in [2.24, 2.45) is 0 Å². The number of nitrogens with zero attached hydrogens (tertiary/aromatic N) is 6. The Hall–Kier alpha value is -6.29. The van der Waals surface area contributed by atoms with Gasteiger partial charge in [-0.05, 0) is 98.7 Å². The monoisotopic (exact) mass is 901 g/mol. The number of hydrogen-bond acceptors (Lipinski definition) is 12. The summed E-state index contributed by atoms with van der Waals surface area (Å²) < 4.78 is 35.3. The molecule has 13 nitrogen and oxygen atoms in total. The third-order valence-electron chi connectivity index (χ3n) is 13.2. The van der Waals surface area contributed by atoms with Gasteiger partial charge in [0.15, 0.2) is 28.6 Å². The number of rotatable bonds is 4. The first kappa shape index (κ1) is 42.4. The van der Waals surface area contributed by atoms with Gasteiger partial charge in [0, 0.05) is 59.6 Å². The number of ether oxygens (including phenoxy) is 2. The zero-order valence-corrected chi connectivity index (χ0v) is 38.1. The molecule has 0 bridgehead atoms. The van der Waals surface area contributed by atoms with Gasteiger partial charge in [-0.15, -0.1) is 0 Å². The maximum absolute atomic E-state index is 6.19. The minimum absolute atomic E-state index is 0.241. The van der Waals surface area contributed by atoms with E-state index in [1.54, 1.807) is 0 Å². The quantitative estimate of drug-likeness (QED) is 0.133. The van der Waals surface area contributed by atoms with Gasteiger partial charge in [0.25, 0.3) is 0 Å². The number of morpholine rings is 2. The highest BCUT2D eigenvalue weighted by atomic mass is 35.5. The molecule has 15 heteroatoms. The Labute approximate surface area is 386 Å². The Kier molecular flexibility index (Phi) is 11.0. The van der Waals surface area contributed by atoms with Gasteiger partial charge in [0.2, 0.25) is 5.28 Å². The van der Waals surface area contributed by atoms with Crippen molar-refractivity contribution in [3.8, 4) is 11.4 Å². The second-order valence-corrected chi connectivity index (χ2v) is 18.1. The Morgan fingerprint density at radius 2 is 1.21 bits per heavy atom. The minimum atomic E-state index is -0.275. The van der Waals surface area contributed by atoms with Crippen molar-refractivity contribution < 1.29 is 27.6 Å². The minimum Gasteiger partial charge on any atom is -0.450 e. The number of anilines is 2. The van der Waals surface area contributed by atoms with E-state index in [1.807, 2.05) is 54.7 Å². The number of H-pyrrole nitrogens is 1. The number of benzene rings is 4. The molecule has 0 saturated carbocycles. The summed E-state index contributed by atoms with van der Waals surface area (Å²) in [5.41, 5.74) is 10.0. The Balaban J connectivity index is 0.000000113. The molecule has 0 radical (unpaired) electrons. The van der Waals surface area contributed by atoms with Gasteiger partial charge in [-0.25, -0.2) is 15.0 Å². The van der Waals surface area contributed by atoms with Crippen LogP contribution in [0.4, 0.5) is 11.6 Å². The Morgan fingerprint density at radius 3 is 1.86 bits per heavy atom. The molecule has 334 valence electrons. The first-order valence-electron chi connectivity index (χ1n) is 22.5. The van der Waals surface area contributed by atoms with Gasteiger partial charge in [-0.3, -0.25) is 0 Å². The van der Waals surface area contributed by atoms with E-state index in [1.165, 1.54) is 11.1 Å². The predicted octanol–water partition coefficient (Wildman–Crippen LogP) is 9.78. The molecule has 13 rings (SSSR count). The molecule has 3 fully saturated rings. The van der Waals surface area contributed by atoms with Crippen LogP contribution >= 0.6 is 11.6 Å². The number of aromatic amines is 1. The summed E-state index contributed by atoms with van der Waals surface area (Å²) in [4.78, 5) is 26.2. The van der Waals surface area contributed by atoms with Crippen LogP contribution in [0.15, 0.2) is 112 Å². The highest BCUT2D eigenvalue weighted by molar-refractivity contribution is 6.63. The maximum atomic E-state index is 6.19. The summed E-state index contributed by atoms with van der Waals surface area (Å²) in [6.45, 7) is 14.2. The number of fused-ring (bicyclic) bond motifs is 8. The van der Waals surface area contributed by atoms with Crippen LogP contribution in [0.25, 0.3) is 72.5 Å². The summed E-state index contributed by atoms with van der Waals surface area (Å²) in [5, 5.41) is 3.33. The zero-order chi connectivity index (χ0) is 45.0. The molecule has 0 atom stereocenters. The maximum Gasteiger partial charge on any atom is 0.495 e. The fourth-order valence-electron chi connectivity index (χ4n) is 9.00. The number of furan rings is 2. The zero-order valence-electron chi connectivity index (χ0n) is 37.3. The molecule has 1 aliphatic carbocycles. The van der Waals surface area contributed by atoms with E-state index in [0.29, 0.717) is 37.8 Å². The van der Waals surface area contributed by atoms with Crippen LogP contribution < -0.4 is 15.3 Å². The van der Waals surface area contributed by atoms with Crippen molar-refractivity contribution in [1.29, 1.82) is 0 Å². The van der Waals surface area contributed by atoms with Crippen molar-refractivity contribution >= 4 is 96.9 Å². The Morgan fingerprint density at radius 1 is 0.621 bits per heavy atom. The van der Waals surface area contributed by atoms with E-state index >= 15 is 0 Å². The van der Waals surface area contributed by atoms with E-state index in [4.69, 9.17) is 49.2 Å². The molecule has 8 heterocycles. The third kappa shape index (κ3) is 7.76. The predicted molar refractivity (Wildman–Crippen MR) is 262 cm³/mol. The average Bonchev–Trinajstić information content (AvgIpc) is 4.19. The molecule has 3 aliphatic heterocycles. The lowest BCUT2D eigenvalue weighted by molar-refractivity contribution is 0.00578. The molecular weight excluding hydrogens is 853 g/mol. The lowest BCUT2D eigenvalue weighted by Gasteiger charge is -2.32. The van der Waals surface area contributed by atoms with E-state index in [2.05, 4.69) is 107 Å². The van der Waals surface area contributed by atoms with Crippen LogP contribution in [-0.4, -0.2) is 95.8 Å². The third-order valence-corrected chi connectivity index (χ3v) is 13.4. The molecule has 0 spiro atoms. The number of halogens is 1. The topological polar surface area (TPSA) is 137 Å². The normalized spacial score (nSPS) is 17.7. The molecule has 4 aromatic carbocycles. The lowest BCUT2D eigenvalue weighted by Crippen LogP contribution is -2.41. The highest BCUT2D eigenvalue weighted by Gasteiger charge is 2.52. The van der Waals surface area contributed by atoms with Gasteiger partial charge in [-0.2, -0.15) is 4.98 Å². The molecule has 3 saturated heterocycles. The summed E-state index contributed by atoms with van der Waals surface area (Å²) in [6.07, 6.45) is 7.33. The highest BCUT2D eigenvalue weighted by Crippen LogP contribution is 2.39. The first-order valence-corrected chi connectivity index (χ1v) is 22.9. The van der Waals surface area contributed by atoms with Gasteiger partial charge in [0.1, 0.15) is 22.2 Å². The van der Waals surface area contributed by atoms with E-state index in [9.17, 15) is 0 Å². The van der Waals surface area contributed by atoms with E-state index in [0.717, 1.165) is 105 Å². The van der Waals surface area contributed by atoms with Crippen LogP contribution in [0.5, 0.6) is 0 Å². The van der Waals surface area contributed by atoms with Crippen molar-refractivity contribution in [3.05, 3.63) is 120 Å². The van der Waals surface area contributed by atoms with Crippen LogP contribution in [0, 0.1) is 0 Å². The second kappa shape index (κ2) is 17.2. The lowest BCUT2D eigenvalue weighted by atomic mass is 9.75. The number of hydrogen-bond donors (Lipinski definition) is 1. The summed E-state index contributed by atoms with van der Waals surface area (Å²) >= 11 is 6.08. The molecule has 0 amide bonds. The van der Waals surface area contributed by atoms with Crippen molar-refractivity contribution in [3.63, 3.8) is 0 Å². The molecule has 4 aliphatic rings. The summed E-state index contributed by atoms with van der Waals surface area (Å²) in [6, 6.07) is 30.4. The molecular formula is C51H49BClN7O6. The number of aromatic nitrogens is 5. The van der Waals surface area contributed by atoms with Gasteiger partial charge < -0.3 is 42.4 Å². The SMILES string of the molecule is CC1(C)OB(c2cccc3c2C=CC3)OC1(C)C.Clc1nc(N2CCOCC2)c2oc3ccccc3c2n1.c1cc(-c2nc(N3CCOCC3)c3oc4ccccc4c3n2)c2cc[nH]c2c1. The van der Waals surface area contributed by atoms with E-state index < -0.39 is 0 Å². The fourth-order valence-corrected chi connectivity index (χ4v) is 9.16. The van der Waals surface area contributed by atoms with Gasteiger partial charge in [-0.1, -0.05) is 66.7 Å². The molecule has 66 heavy (non-hydrogen) atoms. The van der Waals surface area contributed by atoms with Crippen LogP contribution in [0.1, 0.15) is 38.8 Å². The standard InChI is InChI=1S/C22H18N4O2.C15H19BO2.C14H12ClN3O2/c1-2-7-18-16(4-1)19-20(28-18)22(26-10-12-27-13-11-26)25-21(24-19)15-5-3-6-17-14(15)8-9-23-17;1-14(2)15(3,4)18-16(17-14)13-10-6-8-11-7-5-9-12(11)13;15-14-16-11-9-3-1-2-4-10(9)20-12(11)13(17-14)18-5-7-19-8-6-18/h1-9,23H,10-13H2;5-6,8-10H,7H2,1-4H3;1-4H,5-8H2. The number of allylic oxidation sites excluding steroid dienone is 1. The number of para-hydroxylation sites is 2. The molecule has 9 aromatic rings. The van der Waals surface area contributed by atoms with Crippen LogP contribution in [0.2, 0.25) is 5.28 Å². The molecule has 0 unspecified atom stereocenters. The Bertz CT molecular complexity index is 3260. The molecule has 1 N–H and O–H groups in total. The van der Waals surface area contributed by atoms with E-state index in [-0.39, 0.29) is 23.6 Å². The largest absolute Gasteiger partial charge is 0.495 e. The van der Waals surface area contributed by atoms with Crippen LogP contribution in [0.3, 0.4) is 0 Å². The van der Waals surface area contributed by atoms with Gasteiger partial charge in [0.05, 0.1) is 37.6 Å². The summed E-state index contributed by atoms with van der Waals surface area (Å²) in [7, 11) is -0.257. The van der Waals surface area contributed by atoms with Crippen molar-refractivity contribution in [2.75, 3.05) is 62.4 Å². The first-order chi connectivity index (χ1) is 32.1. The fraction of sp³-hybridized carbons (Fsp3) is 0.294. The van der Waals surface area contributed by atoms with Gasteiger partial charge >= 0.3 is 7.12 Å². The average molecular weight is 902 g/mol. The van der Waals surface area contributed by atoms with Crippen molar-refractivity contribution in [1.82, 2.24) is 24.9 Å². The van der Waals surface area contributed by atoms with Crippen molar-refractivity contribution in [2.45, 2.75) is 45.3 Å². The summed E-state index contributed by atoms with van der Waals surface area (Å²) in [5.74, 6) is 2.30. The number of nitrogens with one attached hydrogen (secondary N) is 1.